The fourth-order valence-corrected chi connectivity index (χ4v) is 2.35. The zero-order valence-electron chi connectivity index (χ0n) is 11.6. The molecular formula is C15H27NO. The number of allylic oxidation sites excluding steroid dienone is 2. The van der Waals surface area contributed by atoms with Crippen LogP contribution in [0.2, 0.25) is 0 Å². The van der Waals surface area contributed by atoms with E-state index in [-0.39, 0.29) is 0 Å². The van der Waals surface area contributed by atoms with Gasteiger partial charge in [-0.1, -0.05) is 32.4 Å². The second-order valence-corrected chi connectivity index (χ2v) is 5.17. The molecule has 1 rings (SSSR count). The molecule has 0 aromatic heterocycles. The van der Waals surface area contributed by atoms with E-state index in [9.17, 15) is 4.79 Å². The number of hydrogen-bond acceptors (Lipinski definition) is 1. The third-order valence-electron chi connectivity index (χ3n) is 3.74. The molecule has 0 spiro atoms. The first-order chi connectivity index (χ1) is 8.19. The Morgan fingerprint density at radius 1 is 1.47 bits per heavy atom. The second-order valence-electron chi connectivity index (χ2n) is 5.17. The molecule has 2 heteroatoms. The van der Waals surface area contributed by atoms with Gasteiger partial charge < -0.3 is 4.90 Å². The topological polar surface area (TPSA) is 20.3 Å². The number of carbonyl (C=O) groups excluding carboxylic acids is 1. The van der Waals surface area contributed by atoms with Crippen molar-refractivity contribution in [2.24, 2.45) is 5.92 Å². The van der Waals surface area contributed by atoms with E-state index < -0.39 is 0 Å². The molecule has 1 aliphatic rings. The summed E-state index contributed by atoms with van der Waals surface area (Å²) in [6, 6.07) is 0.388. The predicted molar refractivity (Wildman–Crippen MR) is 72.9 cm³/mol. The molecule has 0 heterocycles. The molecule has 0 aliphatic heterocycles. The summed E-state index contributed by atoms with van der Waals surface area (Å²) in [5, 5.41) is 0. The average molecular weight is 237 g/mol. The third-order valence-corrected chi connectivity index (χ3v) is 3.74. The van der Waals surface area contributed by atoms with Gasteiger partial charge in [0.25, 0.3) is 0 Å². The minimum atomic E-state index is 0.351. The van der Waals surface area contributed by atoms with Crippen LogP contribution in [0.1, 0.15) is 59.3 Å². The van der Waals surface area contributed by atoms with Crippen LogP contribution in [0.5, 0.6) is 0 Å². The average Bonchev–Trinajstić information content (AvgIpc) is 2.81. The lowest BCUT2D eigenvalue weighted by Crippen LogP contribution is -2.39. The molecule has 1 amide bonds. The summed E-state index contributed by atoms with van der Waals surface area (Å²) >= 11 is 0. The number of carbonyl (C=O) groups is 1. The van der Waals surface area contributed by atoms with Crippen LogP contribution >= 0.6 is 0 Å². The third kappa shape index (κ3) is 4.53. The van der Waals surface area contributed by atoms with E-state index in [0.29, 0.717) is 24.3 Å². The first-order valence-corrected chi connectivity index (χ1v) is 7.15. The van der Waals surface area contributed by atoms with Crippen LogP contribution in [-0.4, -0.2) is 23.4 Å². The highest BCUT2D eigenvalue weighted by atomic mass is 16.2. The van der Waals surface area contributed by atoms with Crippen LogP contribution in [-0.2, 0) is 4.79 Å². The summed E-state index contributed by atoms with van der Waals surface area (Å²) in [7, 11) is 0. The molecule has 0 aromatic carbocycles. The van der Waals surface area contributed by atoms with Crippen LogP contribution in [0.15, 0.2) is 12.2 Å². The van der Waals surface area contributed by atoms with Crippen LogP contribution in [0.25, 0.3) is 0 Å². The maximum Gasteiger partial charge on any atom is 0.223 e. The zero-order valence-corrected chi connectivity index (χ0v) is 11.6. The minimum Gasteiger partial charge on any atom is -0.340 e. The summed E-state index contributed by atoms with van der Waals surface area (Å²) in [6.07, 6.45) is 10.8. The first kappa shape index (κ1) is 14.3. The van der Waals surface area contributed by atoms with Crippen molar-refractivity contribution in [3.05, 3.63) is 12.2 Å². The van der Waals surface area contributed by atoms with Gasteiger partial charge in [-0.05, 0) is 38.5 Å². The number of amides is 1. The molecule has 17 heavy (non-hydrogen) atoms. The molecule has 0 bridgehead atoms. The van der Waals surface area contributed by atoms with Gasteiger partial charge in [-0.3, -0.25) is 4.79 Å². The lowest BCUT2D eigenvalue weighted by atomic mass is 10.0. The van der Waals surface area contributed by atoms with Crippen molar-refractivity contribution in [1.82, 2.24) is 4.90 Å². The lowest BCUT2D eigenvalue weighted by molar-refractivity contribution is -0.134. The molecule has 0 N–H and O–H groups in total. The number of unbranched alkanes of at least 4 members (excludes halogenated alkanes) is 1. The van der Waals surface area contributed by atoms with Crippen LogP contribution in [0, 0.1) is 5.92 Å². The molecule has 0 saturated carbocycles. The molecule has 1 aliphatic carbocycles. The normalized spacial score (nSPS) is 20.5. The van der Waals surface area contributed by atoms with Gasteiger partial charge in [0, 0.05) is 19.0 Å². The Balaban J connectivity index is 2.48. The van der Waals surface area contributed by atoms with Crippen molar-refractivity contribution in [3.63, 3.8) is 0 Å². The van der Waals surface area contributed by atoms with Crippen molar-refractivity contribution in [3.8, 4) is 0 Å². The quantitative estimate of drug-likeness (QED) is 0.617. The summed E-state index contributed by atoms with van der Waals surface area (Å²) in [6.45, 7) is 7.43. The highest BCUT2D eigenvalue weighted by Crippen LogP contribution is 2.22. The van der Waals surface area contributed by atoms with E-state index in [0.717, 1.165) is 38.6 Å². The predicted octanol–water partition coefficient (Wildman–Crippen LogP) is 3.77. The standard InChI is InChI=1S/C15H27NO/c1-4-6-11-16(13(3)5-2)15(17)12-14-9-7-8-10-14/h7,9,13-14H,4-6,8,10-12H2,1-3H3. The van der Waals surface area contributed by atoms with E-state index in [1.807, 2.05) is 0 Å². The first-order valence-electron chi connectivity index (χ1n) is 7.15. The van der Waals surface area contributed by atoms with E-state index in [4.69, 9.17) is 0 Å². The van der Waals surface area contributed by atoms with Gasteiger partial charge in [0.05, 0.1) is 0 Å². The second kappa shape index (κ2) is 7.52. The number of rotatable bonds is 7. The van der Waals surface area contributed by atoms with E-state index in [2.05, 4.69) is 37.8 Å². The van der Waals surface area contributed by atoms with E-state index in [1.165, 1.54) is 0 Å². The fraction of sp³-hybridized carbons (Fsp3) is 0.800. The fourth-order valence-electron chi connectivity index (χ4n) is 2.35. The Labute approximate surface area is 106 Å². The zero-order chi connectivity index (χ0) is 12.7. The van der Waals surface area contributed by atoms with Gasteiger partial charge in [-0.2, -0.15) is 0 Å². The molecule has 0 saturated heterocycles. The highest BCUT2D eigenvalue weighted by Gasteiger charge is 2.21. The maximum absolute atomic E-state index is 12.3. The molecule has 2 atom stereocenters. The van der Waals surface area contributed by atoms with Gasteiger partial charge in [0.15, 0.2) is 0 Å². The largest absolute Gasteiger partial charge is 0.340 e. The van der Waals surface area contributed by atoms with Gasteiger partial charge in [0.2, 0.25) is 5.91 Å². The lowest BCUT2D eigenvalue weighted by Gasteiger charge is -2.29. The number of hydrogen-bond donors (Lipinski definition) is 0. The molecule has 0 radical (unpaired) electrons. The van der Waals surface area contributed by atoms with Gasteiger partial charge >= 0.3 is 0 Å². The molecule has 0 fully saturated rings. The van der Waals surface area contributed by atoms with Crippen LogP contribution in [0.3, 0.4) is 0 Å². The van der Waals surface area contributed by atoms with Crippen LogP contribution in [0.4, 0.5) is 0 Å². The van der Waals surface area contributed by atoms with E-state index in [1.54, 1.807) is 0 Å². The summed E-state index contributed by atoms with van der Waals surface area (Å²) < 4.78 is 0. The maximum atomic E-state index is 12.3. The number of nitrogens with zero attached hydrogens (tertiary/aromatic N) is 1. The molecule has 2 unspecified atom stereocenters. The van der Waals surface area contributed by atoms with Crippen molar-refractivity contribution in [1.29, 1.82) is 0 Å². The van der Waals surface area contributed by atoms with Gasteiger partial charge in [-0.25, -0.2) is 0 Å². The molecular weight excluding hydrogens is 210 g/mol. The highest BCUT2D eigenvalue weighted by molar-refractivity contribution is 5.77. The Hall–Kier alpha value is -0.790. The molecule has 0 aromatic rings. The summed E-state index contributed by atoms with van der Waals surface area (Å²) in [5.74, 6) is 0.847. The van der Waals surface area contributed by atoms with E-state index >= 15 is 0 Å². The Morgan fingerprint density at radius 3 is 2.76 bits per heavy atom. The SMILES string of the molecule is CCCCN(C(=O)CC1C=CCC1)C(C)CC. The summed E-state index contributed by atoms with van der Waals surface area (Å²) in [4.78, 5) is 14.4. The van der Waals surface area contributed by atoms with Crippen molar-refractivity contribution in [2.75, 3.05) is 6.54 Å². The Morgan fingerprint density at radius 2 is 2.24 bits per heavy atom. The van der Waals surface area contributed by atoms with Gasteiger partial charge in [0.1, 0.15) is 0 Å². The smallest absolute Gasteiger partial charge is 0.223 e. The Kier molecular flexibility index (Phi) is 6.31. The Bertz CT molecular complexity index is 260. The molecule has 98 valence electrons. The van der Waals surface area contributed by atoms with Crippen molar-refractivity contribution >= 4 is 5.91 Å². The molecule has 2 nitrogen and oxygen atoms in total. The van der Waals surface area contributed by atoms with Crippen LogP contribution < -0.4 is 0 Å². The van der Waals surface area contributed by atoms with Crippen molar-refractivity contribution < 1.29 is 4.79 Å². The summed E-state index contributed by atoms with van der Waals surface area (Å²) in [5.41, 5.74) is 0. The van der Waals surface area contributed by atoms with Crippen molar-refractivity contribution in [2.45, 2.75) is 65.3 Å². The monoisotopic (exact) mass is 237 g/mol. The minimum absolute atomic E-state index is 0.351. The van der Waals surface area contributed by atoms with Gasteiger partial charge in [-0.15, -0.1) is 0 Å².